The van der Waals surface area contributed by atoms with Crippen molar-refractivity contribution in [1.82, 2.24) is 10.2 Å². The maximum atomic E-state index is 13.0. The Bertz CT molecular complexity index is 587. The Morgan fingerprint density at radius 1 is 1.32 bits per heavy atom. The van der Waals surface area contributed by atoms with Gasteiger partial charge in [0.1, 0.15) is 11.9 Å². The lowest BCUT2D eigenvalue weighted by Gasteiger charge is -2.35. The van der Waals surface area contributed by atoms with Crippen LogP contribution in [0, 0.1) is 11.7 Å². The first-order valence-corrected chi connectivity index (χ1v) is 8.89. The maximum absolute atomic E-state index is 13.0. The third kappa shape index (κ3) is 5.26. The highest BCUT2D eigenvalue weighted by Crippen LogP contribution is 2.17. The van der Waals surface area contributed by atoms with E-state index in [9.17, 15) is 14.0 Å². The highest BCUT2D eigenvalue weighted by molar-refractivity contribution is 5.97. The molecule has 1 aromatic carbocycles. The number of nitrogens with zero attached hydrogens (tertiary/aromatic N) is 1. The number of piperidine rings is 1. The topological polar surface area (TPSA) is 58.6 Å². The largest absolute Gasteiger partial charge is 0.377 e. The summed E-state index contributed by atoms with van der Waals surface area (Å²) in [5.74, 6) is -0.909. The third-order valence-corrected chi connectivity index (χ3v) is 4.42. The fourth-order valence-corrected chi connectivity index (χ4v) is 3.05. The molecule has 2 rings (SSSR count). The van der Waals surface area contributed by atoms with Gasteiger partial charge < -0.3 is 15.0 Å². The Labute approximate surface area is 148 Å². The van der Waals surface area contributed by atoms with Crippen LogP contribution in [0.15, 0.2) is 24.3 Å². The van der Waals surface area contributed by atoms with E-state index in [-0.39, 0.29) is 23.8 Å². The number of amides is 2. The lowest BCUT2D eigenvalue weighted by atomic mass is 10.00. The molecule has 0 aliphatic carbocycles. The van der Waals surface area contributed by atoms with Crippen molar-refractivity contribution in [2.45, 2.75) is 45.8 Å². The van der Waals surface area contributed by atoms with Crippen molar-refractivity contribution < 1.29 is 18.7 Å². The first-order valence-electron chi connectivity index (χ1n) is 8.89. The summed E-state index contributed by atoms with van der Waals surface area (Å²) in [5.41, 5.74) is 0.339. The average Bonchev–Trinajstić information content (AvgIpc) is 2.60. The third-order valence-electron chi connectivity index (χ3n) is 4.42. The summed E-state index contributed by atoms with van der Waals surface area (Å²) in [6.45, 7) is 7.61. The first kappa shape index (κ1) is 19.4. The van der Waals surface area contributed by atoms with Crippen LogP contribution in [0.4, 0.5) is 4.39 Å². The molecular formula is C19H27FN2O3. The molecule has 1 aliphatic heterocycles. The Morgan fingerprint density at radius 2 is 2.00 bits per heavy atom. The van der Waals surface area contributed by atoms with E-state index < -0.39 is 11.9 Å². The van der Waals surface area contributed by atoms with Crippen LogP contribution in [0.25, 0.3) is 0 Å². The first-order chi connectivity index (χ1) is 11.9. The summed E-state index contributed by atoms with van der Waals surface area (Å²) in [6, 6.07) is 4.69. The van der Waals surface area contributed by atoms with E-state index in [2.05, 4.69) is 5.32 Å². The fraction of sp³-hybridized carbons (Fsp3) is 0.579. The second kappa shape index (κ2) is 8.94. The smallest absolute Gasteiger partial charge is 0.251 e. The molecule has 2 amide bonds. The van der Waals surface area contributed by atoms with E-state index in [1.54, 1.807) is 4.90 Å². The van der Waals surface area contributed by atoms with E-state index >= 15 is 0 Å². The molecular weight excluding hydrogens is 323 g/mol. The Kier molecular flexibility index (Phi) is 6.93. The Balaban J connectivity index is 2.05. The van der Waals surface area contributed by atoms with Gasteiger partial charge in [-0.3, -0.25) is 9.59 Å². The van der Waals surface area contributed by atoms with Crippen LogP contribution in [0.5, 0.6) is 0 Å². The van der Waals surface area contributed by atoms with Crippen LogP contribution in [-0.2, 0) is 9.53 Å². The van der Waals surface area contributed by atoms with Crippen molar-refractivity contribution in [1.29, 1.82) is 0 Å². The molecule has 2 atom stereocenters. The van der Waals surface area contributed by atoms with Crippen molar-refractivity contribution in [3.8, 4) is 0 Å². The average molecular weight is 350 g/mol. The summed E-state index contributed by atoms with van der Waals surface area (Å²) >= 11 is 0. The predicted octanol–water partition coefficient (Wildman–Crippen LogP) is 2.61. The van der Waals surface area contributed by atoms with Crippen LogP contribution >= 0.6 is 0 Å². The number of hydrogen-bond donors (Lipinski definition) is 1. The molecule has 1 aliphatic rings. The molecule has 6 heteroatoms. The van der Waals surface area contributed by atoms with E-state index in [4.69, 9.17) is 4.74 Å². The van der Waals surface area contributed by atoms with Gasteiger partial charge in [-0.1, -0.05) is 13.8 Å². The number of likely N-dealkylation sites (tertiary alicyclic amines) is 1. The van der Waals surface area contributed by atoms with E-state index in [1.807, 2.05) is 20.8 Å². The number of halogens is 1. The van der Waals surface area contributed by atoms with Crippen LogP contribution in [0.2, 0.25) is 0 Å². The molecule has 138 valence electrons. The molecule has 0 aromatic heterocycles. The summed E-state index contributed by atoms with van der Waals surface area (Å²) in [7, 11) is 0. The number of carbonyl (C=O) groups is 2. The van der Waals surface area contributed by atoms with Gasteiger partial charge in [0.2, 0.25) is 5.91 Å². The predicted molar refractivity (Wildman–Crippen MR) is 93.7 cm³/mol. The zero-order valence-electron chi connectivity index (χ0n) is 15.1. The SMILES string of the molecule is CCOC1CCCN(C(=O)C(NC(=O)c2ccc(F)cc2)C(C)C)C1. The molecule has 2 unspecified atom stereocenters. The van der Waals surface area contributed by atoms with Crippen LogP contribution in [0.1, 0.15) is 44.0 Å². The van der Waals surface area contributed by atoms with E-state index in [0.717, 1.165) is 12.8 Å². The van der Waals surface area contributed by atoms with Gasteiger partial charge in [-0.2, -0.15) is 0 Å². The zero-order valence-corrected chi connectivity index (χ0v) is 15.1. The number of rotatable bonds is 6. The number of benzene rings is 1. The van der Waals surface area contributed by atoms with Gasteiger partial charge in [0.25, 0.3) is 5.91 Å². The van der Waals surface area contributed by atoms with Crippen LogP contribution in [-0.4, -0.2) is 48.6 Å². The van der Waals surface area contributed by atoms with Crippen molar-refractivity contribution >= 4 is 11.8 Å². The summed E-state index contributed by atoms with van der Waals surface area (Å²) in [6.07, 6.45) is 1.90. The highest BCUT2D eigenvalue weighted by Gasteiger charge is 2.32. The lowest BCUT2D eigenvalue weighted by molar-refractivity contribution is -0.138. The van der Waals surface area contributed by atoms with Gasteiger partial charge in [-0.05, 0) is 49.9 Å². The van der Waals surface area contributed by atoms with E-state index in [0.29, 0.717) is 25.3 Å². The molecule has 1 saturated heterocycles. The van der Waals surface area contributed by atoms with Gasteiger partial charge in [0.05, 0.1) is 6.10 Å². The summed E-state index contributed by atoms with van der Waals surface area (Å²) < 4.78 is 18.7. The lowest BCUT2D eigenvalue weighted by Crippen LogP contribution is -2.54. The normalized spacial score (nSPS) is 18.9. The second-order valence-electron chi connectivity index (χ2n) is 6.71. The molecule has 1 fully saturated rings. The van der Waals surface area contributed by atoms with Gasteiger partial charge in [-0.15, -0.1) is 0 Å². The molecule has 0 bridgehead atoms. The van der Waals surface area contributed by atoms with Crippen molar-refractivity contribution in [3.05, 3.63) is 35.6 Å². The molecule has 0 radical (unpaired) electrons. The van der Waals surface area contributed by atoms with Gasteiger partial charge >= 0.3 is 0 Å². The molecule has 0 spiro atoms. The number of hydrogen-bond acceptors (Lipinski definition) is 3. The van der Waals surface area contributed by atoms with Gasteiger partial charge in [-0.25, -0.2) is 4.39 Å². The molecule has 1 N–H and O–H groups in total. The minimum absolute atomic E-state index is 0.0515. The van der Waals surface area contributed by atoms with Gasteiger partial charge in [0.15, 0.2) is 0 Å². The minimum Gasteiger partial charge on any atom is -0.377 e. The monoisotopic (exact) mass is 350 g/mol. The number of ether oxygens (including phenoxy) is 1. The standard InChI is InChI=1S/C19H27FN2O3/c1-4-25-16-6-5-11-22(12-16)19(24)17(13(2)3)21-18(23)14-7-9-15(20)10-8-14/h7-10,13,16-17H,4-6,11-12H2,1-3H3,(H,21,23). The number of nitrogens with one attached hydrogen (secondary N) is 1. The summed E-state index contributed by atoms with van der Waals surface area (Å²) in [4.78, 5) is 27.1. The quantitative estimate of drug-likeness (QED) is 0.858. The van der Waals surface area contributed by atoms with Crippen molar-refractivity contribution in [2.24, 2.45) is 5.92 Å². The molecule has 1 heterocycles. The highest BCUT2D eigenvalue weighted by atomic mass is 19.1. The van der Waals surface area contributed by atoms with E-state index in [1.165, 1.54) is 24.3 Å². The Morgan fingerprint density at radius 3 is 2.60 bits per heavy atom. The van der Waals surface area contributed by atoms with Gasteiger partial charge in [0, 0.05) is 25.3 Å². The fourth-order valence-electron chi connectivity index (χ4n) is 3.05. The molecule has 5 nitrogen and oxygen atoms in total. The molecule has 1 aromatic rings. The van der Waals surface area contributed by atoms with Crippen molar-refractivity contribution in [3.63, 3.8) is 0 Å². The zero-order chi connectivity index (χ0) is 18.4. The van der Waals surface area contributed by atoms with Crippen LogP contribution < -0.4 is 5.32 Å². The maximum Gasteiger partial charge on any atom is 0.251 e. The second-order valence-corrected chi connectivity index (χ2v) is 6.71. The molecule has 25 heavy (non-hydrogen) atoms. The summed E-state index contributed by atoms with van der Waals surface area (Å²) in [5, 5.41) is 2.80. The molecule has 0 saturated carbocycles. The van der Waals surface area contributed by atoms with Crippen molar-refractivity contribution in [2.75, 3.05) is 19.7 Å². The van der Waals surface area contributed by atoms with Crippen LogP contribution in [0.3, 0.4) is 0 Å². The minimum atomic E-state index is -0.613. The number of carbonyl (C=O) groups excluding carboxylic acids is 2. The Hall–Kier alpha value is -1.95.